The minimum absolute atomic E-state index is 0.0391. The van der Waals surface area contributed by atoms with Gasteiger partial charge in [-0.15, -0.1) is 0 Å². The monoisotopic (exact) mass is 269 g/mol. The molecule has 3 N–H and O–H groups in total. The maximum absolute atomic E-state index is 13.6. The SMILES string of the molecule is CN1C(=O)CCC(Nc2c(F)cc(N)cc2F)C1=O. The van der Waals surface area contributed by atoms with Crippen molar-refractivity contribution in [1.82, 2.24) is 4.90 Å². The van der Waals surface area contributed by atoms with Crippen LogP contribution in [0.1, 0.15) is 12.8 Å². The van der Waals surface area contributed by atoms with Gasteiger partial charge in [0.2, 0.25) is 5.91 Å². The number of imide groups is 1. The Balaban J connectivity index is 2.22. The number of amides is 2. The molecule has 0 aliphatic carbocycles. The Kier molecular flexibility index (Phi) is 3.37. The normalized spacial score (nSPS) is 19.7. The second-order valence-electron chi connectivity index (χ2n) is 4.39. The largest absolute Gasteiger partial charge is 0.399 e. The Hall–Kier alpha value is -2.18. The molecule has 0 radical (unpaired) electrons. The molecule has 1 saturated heterocycles. The summed E-state index contributed by atoms with van der Waals surface area (Å²) in [5.74, 6) is -2.55. The summed E-state index contributed by atoms with van der Waals surface area (Å²) in [6, 6.07) is 1.11. The highest BCUT2D eigenvalue weighted by Gasteiger charge is 2.32. The Bertz CT molecular complexity index is 525. The van der Waals surface area contributed by atoms with Gasteiger partial charge in [0.1, 0.15) is 11.7 Å². The van der Waals surface area contributed by atoms with Gasteiger partial charge in [0.05, 0.1) is 0 Å². The van der Waals surface area contributed by atoms with Crippen molar-refractivity contribution < 1.29 is 18.4 Å². The van der Waals surface area contributed by atoms with Crippen LogP contribution in [-0.4, -0.2) is 29.8 Å². The van der Waals surface area contributed by atoms with Crippen molar-refractivity contribution in [3.8, 4) is 0 Å². The molecule has 1 aromatic rings. The number of nitrogen functional groups attached to an aromatic ring is 1. The molecule has 1 aliphatic heterocycles. The molecule has 1 aliphatic rings. The lowest BCUT2D eigenvalue weighted by Gasteiger charge is -2.29. The topological polar surface area (TPSA) is 75.4 Å². The number of halogens is 2. The van der Waals surface area contributed by atoms with Crippen molar-refractivity contribution >= 4 is 23.2 Å². The predicted octanol–water partition coefficient (Wildman–Crippen LogP) is 1.11. The number of likely N-dealkylation sites (N-methyl/N-ethyl adjacent to an activating group) is 1. The number of hydrogen-bond acceptors (Lipinski definition) is 4. The highest BCUT2D eigenvalue weighted by atomic mass is 19.1. The maximum atomic E-state index is 13.6. The lowest BCUT2D eigenvalue weighted by molar-refractivity contribution is -0.146. The molecule has 1 heterocycles. The molecule has 19 heavy (non-hydrogen) atoms. The van der Waals surface area contributed by atoms with Gasteiger partial charge in [-0.2, -0.15) is 0 Å². The van der Waals surface area contributed by atoms with E-state index >= 15 is 0 Å². The van der Waals surface area contributed by atoms with Crippen molar-refractivity contribution in [3.05, 3.63) is 23.8 Å². The number of benzene rings is 1. The molecule has 0 aromatic heterocycles. The van der Waals surface area contributed by atoms with Gasteiger partial charge in [0.25, 0.3) is 5.91 Å². The molecule has 2 rings (SSSR count). The second kappa shape index (κ2) is 4.83. The first-order valence-electron chi connectivity index (χ1n) is 5.71. The zero-order chi connectivity index (χ0) is 14.2. The predicted molar refractivity (Wildman–Crippen MR) is 65.2 cm³/mol. The minimum Gasteiger partial charge on any atom is -0.399 e. The smallest absolute Gasteiger partial charge is 0.251 e. The van der Waals surface area contributed by atoms with E-state index in [1.54, 1.807) is 0 Å². The zero-order valence-electron chi connectivity index (χ0n) is 10.2. The van der Waals surface area contributed by atoms with Crippen LogP contribution in [0.4, 0.5) is 20.2 Å². The van der Waals surface area contributed by atoms with Gasteiger partial charge in [-0.05, 0) is 18.6 Å². The van der Waals surface area contributed by atoms with E-state index in [2.05, 4.69) is 5.32 Å². The number of carbonyl (C=O) groups excluding carboxylic acids is 2. The van der Waals surface area contributed by atoms with Crippen molar-refractivity contribution in [2.24, 2.45) is 0 Å². The van der Waals surface area contributed by atoms with E-state index in [1.165, 1.54) is 7.05 Å². The Morgan fingerprint density at radius 3 is 2.47 bits per heavy atom. The molecule has 1 unspecified atom stereocenters. The van der Waals surface area contributed by atoms with Crippen molar-refractivity contribution in [3.63, 3.8) is 0 Å². The summed E-state index contributed by atoms with van der Waals surface area (Å²) in [5.41, 5.74) is 4.86. The standard InChI is InChI=1S/C12H13F2N3O2/c1-17-10(18)3-2-9(12(17)19)16-11-7(13)4-6(15)5-8(11)14/h4-5,9,16H,2-3,15H2,1H3. The third-order valence-electron chi connectivity index (χ3n) is 3.03. The lowest BCUT2D eigenvalue weighted by Crippen LogP contribution is -2.48. The molecule has 7 heteroatoms. The minimum atomic E-state index is -0.871. The summed E-state index contributed by atoms with van der Waals surface area (Å²) in [6.45, 7) is 0. The van der Waals surface area contributed by atoms with Crippen LogP contribution in [0.3, 0.4) is 0 Å². The average Bonchev–Trinajstić information content (AvgIpc) is 2.33. The first kappa shape index (κ1) is 13.3. The highest BCUT2D eigenvalue weighted by molar-refractivity contribution is 6.01. The van der Waals surface area contributed by atoms with Crippen LogP contribution in [-0.2, 0) is 9.59 Å². The van der Waals surface area contributed by atoms with Crippen molar-refractivity contribution in [1.29, 1.82) is 0 Å². The van der Waals surface area contributed by atoms with Crippen LogP contribution in [0.25, 0.3) is 0 Å². The van der Waals surface area contributed by atoms with Gasteiger partial charge in [0.15, 0.2) is 11.6 Å². The van der Waals surface area contributed by atoms with Gasteiger partial charge < -0.3 is 11.1 Å². The molecular weight excluding hydrogens is 256 g/mol. The summed E-state index contributed by atoms with van der Waals surface area (Å²) in [4.78, 5) is 24.0. The fourth-order valence-corrected chi connectivity index (χ4v) is 1.95. The first-order valence-corrected chi connectivity index (χ1v) is 5.71. The first-order chi connectivity index (χ1) is 8.90. The number of nitrogens with two attached hydrogens (primary N) is 1. The number of likely N-dealkylation sites (tertiary alicyclic amines) is 1. The molecule has 2 amide bonds. The zero-order valence-corrected chi connectivity index (χ0v) is 10.2. The van der Waals surface area contributed by atoms with E-state index in [0.29, 0.717) is 0 Å². The van der Waals surface area contributed by atoms with Crippen molar-refractivity contribution in [2.75, 3.05) is 18.1 Å². The van der Waals surface area contributed by atoms with Crippen LogP contribution < -0.4 is 11.1 Å². The number of nitrogens with zero attached hydrogens (tertiary/aromatic N) is 1. The number of carbonyl (C=O) groups is 2. The molecule has 1 aromatic carbocycles. The fourth-order valence-electron chi connectivity index (χ4n) is 1.95. The van der Waals surface area contributed by atoms with Gasteiger partial charge in [-0.25, -0.2) is 8.78 Å². The van der Waals surface area contributed by atoms with Crippen LogP contribution in [0.15, 0.2) is 12.1 Å². The summed E-state index contributed by atoms with van der Waals surface area (Å²) in [7, 11) is 1.34. The molecule has 0 spiro atoms. The van der Waals surface area contributed by atoms with E-state index in [0.717, 1.165) is 17.0 Å². The second-order valence-corrected chi connectivity index (χ2v) is 4.39. The van der Waals surface area contributed by atoms with Gasteiger partial charge in [-0.1, -0.05) is 0 Å². The quantitative estimate of drug-likeness (QED) is 0.623. The molecule has 0 saturated carbocycles. The Morgan fingerprint density at radius 2 is 1.89 bits per heavy atom. The van der Waals surface area contributed by atoms with E-state index in [-0.39, 0.29) is 24.4 Å². The third kappa shape index (κ3) is 2.49. The number of hydrogen-bond donors (Lipinski definition) is 2. The molecule has 1 fully saturated rings. The Morgan fingerprint density at radius 1 is 1.32 bits per heavy atom. The number of anilines is 2. The van der Waals surface area contributed by atoms with E-state index in [4.69, 9.17) is 5.73 Å². The average molecular weight is 269 g/mol. The molecular formula is C12H13F2N3O2. The molecule has 1 atom stereocenters. The third-order valence-corrected chi connectivity index (χ3v) is 3.03. The van der Waals surface area contributed by atoms with Gasteiger partial charge in [0, 0.05) is 19.2 Å². The van der Waals surface area contributed by atoms with Crippen LogP contribution in [0, 0.1) is 11.6 Å². The van der Waals surface area contributed by atoms with Crippen LogP contribution in [0.2, 0.25) is 0 Å². The summed E-state index contributed by atoms with van der Waals surface area (Å²) in [6.07, 6.45) is 0.351. The Labute approximate surface area is 108 Å². The molecule has 102 valence electrons. The van der Waals surface area contributed by atoms with E-state index in [1.807, 2.05) is 0 Å². The highest BCUT2D eigenvalue weighted by Crippen LogP contribution is 2.25. The summed E-state index contributed by atoms with van der Waals surface area (Å²) in [5, 5.41) is 2.50. The van der Waals surface area contributed by atoms with E-state index < -0.39 is 29.3 Å². The summed E-state index contributed by atoms with van der Waals surface area (Å²) < 4.78 is 27.2. The van der Waals surface area contributed by atoms with Crippen molar-refractivity contribution in [2.45, 2.75) is 18.9 Å². The lowest BCUT2D eigenvalue weighted by atomic mass is 10.0. The van der Waals surface area contributed by atoms with Gasteiger partial charge in [-0.3, -0.25) is 14.5 Å². The van der Waals surface area contributed by atoms with Crippen LogP contribution >= 0.6 is 0 Å². The van der Waals surface area contributed by atoms with E-state index in [9.17, 15) is 18.4 Å². The fraction of sp³-hybridized carbons (Fsp3) is 0.333. The molecule has 5 nitrogen and oxygen atoms in total. The van der Waals surface area contributed by atoms with Crippen LogP contribution in [0.5, 0.6) is 0 Å². The summed E-state index contributed by atoms with van der Waals surface area (Å²) >= 11 is 0. The van der Waals surface area contributed by atoms with Gasteiger partial charge >= 0.3 is 0 Å². The number of rotatable bonds is 2. The number of nitrogens with one attached hydrogen (secondary N) is 1. The maximum Gasteiger partial charge on any atom is 0.251 e. The molecule has 0 bridgehead atoms. The number of piperidine rings is 1.